The van der Waals surface area contributed by atoms with Crippen LogP contribution in [0.25, 0.3) is 0 Å². The van der Waals surface area contributed by atoms with Gasteiger partial charge in [0, 0.05) is 12.8 Å². The first-order chi connectivity index (χ1) is 14.0. The average molecular weight is 412 g/mol. The number of carbonyl (C=O) groups is 2. The van der Waals surface area contributed by atoms with Gasteiger partial charge in [0.05, 0.1) is 0 Å². The Labute approximate surface area is 180 Å². The Morgan fingerprint density at radius 2 is 1.03 bits per heavy atom. The SMILES string of the molecule is CCCCCCCCCCCC(=O)C(C)(NC)OC(=O)CCCCCCCCC. The summed E-state index contributed by atoms with van der Waals surface area (Å²) in [6, 6.07) is 0. The van der Waals surface area contributed by atoms with Gasteiger partial charge in [0.2, 0.25) is 5.72 Å². The number of ketones is 1. The predicted molar refractivity (Wildman–Crippen MR) is 123 cm³/mol. The van der Waals surface area contributed by atoms with Gasteiger partial charge < -0.3 is 4.74 Å². The second-order valence-electron chi connectivity index (χ2n) is 8.63. The number of rotatable bonds is 21. The number of nitrogens with one attached hydrogen (secondary N) is 1. The molecule has 1 unspecified atom stereocenters. The molecule has 4 heteroatoms. The van der Waals surface area contributed by atoms with E-state index in [9.17, 15) is 9.59 Å². The summed E-state index contributed by atoms with van der Waals surface area (Å²) in [5, 5.41) is 2.92. The van der Waals surface area contributed by atoms with Crippen LogP contribution in [0.1, 0.15) is 136 Å². The van der Waals surface area contributed by atoms with Crippen LogP contribution in [0, 0.1) is 0 Å². The second kappa shape index (κ2) is 19.1. The fourth-order valence-electron chi connectivity index (χ4n) is 3.59. The molecule has 0 aromatic carbocycles. The maximum atomic E-state index is 12.6. The predicted octanol–water partition coefficient (Wildman–Crippen LogP) is 7.10. The lowest BCUT2D eigenvalue weighted by molar-refractivity contribution is -0.169. The van der Waals surface area contributed by atoms with Gasteiger partial charge in [0.25, 0.3) is 0 Å². The van der Waals surface area contributed by atoms with Gasteiger partial charge in [0.15, 0.2) is 5.78 Å². The minimum Gasteiger partial charge on any atom is -0.437 e. The molecule has 0 aromatic rings. The number of carbonyl (C=O) groups excluding carboxylic acids is 2. The van der Waals surface area contributed by atoms with Crippen LogP contribution in [-0.2, 0) is 14.3 Å². The third-order valence-electron chi connectivity index (χ3n) is 5.82. The molecule has 0 spiro atoms. The number of esters is 1. The summed E-state index contributed by atoms with van der Waals surface area (Å²) in [7, 11) is 1.69. The third-order valence-corrected chi connectivity index (χ3v) is 5.82. The van der Waals surface area contributed by atoms with E-state index >= 15 is 0 Å². The van der Waals surface area contributed by atoms with Crippen molar-refractivity contribution in [3.63, 3.8) is 0 Å². The molecule has 0 saturated carbocycles. The molecule has 4 nitrogen and oxygen atoms in total. The van der Waals surface area contributed by atoms with Crippen LogP contribution >= 0.6 is 0 Å². The number of hydrogen-bond acceptors (Lipinski definition) is 4. The first-order valence-corrected chi connectivity index (χ1v) is 12.4. The van der Waals surface area contributed by atoms with Crippen LogP contribution in [-0.4, -0.2) is 24.5 Å². The van der Waals surface area contributed by atoms with Gasteiger partial charge in [-0.1, -0.05) is 104 Å². The Morgan fingerprint density at radius 3 is 1.45 bits per heavy atom. The Hall–Kier alpha value is -0.900. The molecule has 0 radical (unpaired) electrons. The number of Topliss-reactive ketones (excluding diaryl/α,β-unsaturated/α-hetero) is 1. The van der Waals surface area contributed by atoms with Crippen molar-refractivity contribution in [3.05, 3.63) is 0 Å². The summed E-state index contributed by atoms with van der Waals surface area (Å²) in [6.07, 6.45) is 20.0. The Morgan fingerprint density at radius 1 is 0.655 bits per heavy atom. The van der Waals surface area contributed by atoms with Crippen molar-refractivity contribution in [2.24, 2.45) is 0 Å². The second-order valence-corrected chi connectivity index (χ2v) is 8.63. The first kappa shape index (κ1) is 28.1. The molecule has 0 fully saturated rings. The van der Waals surface area contributed by atoms with Crippen molar-refractivity contribution >= 4 is 11.8 Å². The Kier molecular flexibility index (Phi) is 18.5. The highest BCUT2D eigenvalue weighted by atomic mass is 16.6. The van der Waals surface area contributed by atoms with Gasteiger partial charge in [-0.05, 0) is 26.8 Å². The van der Waals surface area contributed by atoms with Crippen molar-refractivity contribution in [1.29, 1.82) is 0 Å². The first-order valence-electron chi connectivity index (χ1n) is 12.4. The molecule has 172 valence electrons. The number of likely N-dealkylation sites (N-methyl/N-ethyl adjacent to an activating group) is 1. The third kappa shape index (κ3) is 15.6. The molecule has 1 N–H and O–H groups in total. The fraction of sp³-hybridized carbons (Fsp3) is 0.920. The van der Waals surface area contributed by atoms with E-state index in [0.717, 1.165) is 25.7 Å². The van der Waals surface area contributed by atoms with Crippen LogP contribution in [0.2, 0.25) is 0 Å². The van der Waals surface area contributed by atoms with E-state index in [1.165, 1.54) is 77.0 Å². The molecule has 0 aliphatic heterocycles. The molecule has 0 bridgehead atoms. The minimum absolute atomic E-state index is 0.0177. The van der Waals surface area contributed by atoms with E-state index in [4.69, 9.17) is 4.74 Å². The topological polar surface area (TPSA) is 55.4 Å². The van der Waals surface area contributed by atoms with Gasteiger partial charge >= 0.3 is 5.97 Å². The van der Waals surface area contributed by atoms with Crippen LogP contribution in [0.5, 0.6) is 0 Å². The van der Waals surface area contributed by atoms with E-state index in [1.807, 2.05) is 0 Å². The molecule has 0 aromatic heterocycles. The van der Waals surface area contributed by atoms with Gasteiger partial charge in [-0.25, -0.2) is 0 Å². The maximum absolute atomic E-state index is 12.6. The summed E-state index contributed by atoms with van der Waals surface area (Å²) in [4.78, 5) is 24.7. The summed E-state index contributed by atoms with van der Waals surface area (Å²) in [6.45, 7) is 6.14. The molecule has 29 heavy (non-hydrogen) atoms. The summed E-state index contributed by atoms with van der Waals surface area (Å²) >= 11 is 0. The van der Waals surface area contributed by atoms with Crippen molar-refractivity contribution in [2.45, 2.75) is 142 Å². The lowest BCUT2D eigenvalue weighted by atomic mass is 10.0. The quantitative estimate of drug-likeness (QED) is 0.124. The molecular formula is C25H49NO3. The number of ether oxygens (including phenoxy) is 1. The Bertz CT molecular complexity index is 411. The Balaban J connectivity index is 3.90. The lowest BCUT2D eigenvalue weighted by Crippen LogP contribution is -2.51. The summed E-state index contributed by atoms with van der Waals surface area (Å²) < 4.78 is 5.53. The zero-order valence-electron chi connectivity index (χ0n) is 20.0. The maximum Gasteiger partial charge on any atom is 0.307 e. The lowest BCUT2D eigenvalue weighted by Gasteiger charge is -2.27. The van der Waals surface area contributed by atoms with Gasteiger partial charge in [-0.3, -0.25) is 14.9 Å². The van der Waals surface area contributed by atoms with Crippen molar-refractivity contribution < 1.29 is 14.3 Å². The zero-order chi connectivity index (χ0) is 21.8. The van der Waals surface area contributed by atoms with E-state index in [0.29, 0.717) is 12.8 Å². The van der Waals surface area contributed by atoms with E-state index in [2.05, 4.69) is 19.2 Å². The molecule has 0 aliphatic rings. The normalized spacial score (nSPS) is 13.2. The molecule has 0 amide bonds. The van der Waals surface area contributed by atoms with Crippen LogP contribution in [0.15, 0.2) is 0 Å². The fourth-order valence-corrected chi connectivity index (χ4v) is 3.59. The minimum atomic E-state index is -1.18. The number of unbranched alkanes of at least 4 members (excludes halogenated alkanes) is 14. The van der Waals surface area contributed by atoms with Gasteiger partial charge in [-0.2, -0.15) is 0 Å². The molecule has 0 heterocycles. The van der Waals surface area contributed by atoms with Crippen LogP contribution in [0.4, 0.5) is 0 Å². The standard InChI is InChI=1S/C25H49NO3/c1-5-7-9-11-13-14-16-17-19-21-23(27)25(3,26-4)29-24(28)22-20-18-15-12-10-8-6-2/h26H,5-22H2,1-4H3. The van der Waals surface area contributed by atoms with Crippen molar-refractivity contribution in [1.82, 2.24) is 5.32 Å². The highest BCUT2D eigenvalue weighted by Gasteiger charge is 2.34. The molecule has 0 aliphatic carbocycles. The molecule has 0 saturated heterocycles. The monoisotopic (exact) mass is 411 g/mol. The van der Waals surface area contributed by atoms with Crippen molar-refractivity contribution in [2.75, 3.05) is 7.05 Å². The smallest absolute Gasteiger partial charge is 0.307 e. The zero-order valence-corrected chi connectivity index (χ0v) is 20.0. The highest BCUT2D eigenvalue weighted by molar-refractivity contribution is 5.88. The van der Waals surface area contributed by atoms with Gasteiger partial charge in [-0.15, -0.1) is 0 Å². The van der Waals surface area contributed by atoms with E-state index < -0.39 is 5.72 Å². The van der Waals surface area contributed by atoms with Crippen molar-refractivity contribution in [3.8, 4) is 0 Å². The molecule has 1 atom stereocenters. The summed E-state index contributed by atoms with van der Waals surface area (Å²) in [5.74, 6) is -0.285. The molecule has 0 rings (SSSR count). The largest absolute Gasteiger partial charge is 0.437 e. The average Bonchev–Trinajstić information content (AvgIpc) is 2.71. The van der Waals surface area contributed by atoms with Gasteiger partial charge in [0.1, 0.15) is 0 Å². The summed E-state index contributed by atoms with van der Waals surface area (Å²) in [5.41, 5.74) is -1.18. The van der Waals surface area contributed by atoms with Crippen LogP contribution in [0.3, 0.4) is 0 Å². The number of hydrogen-bond donors (Lipinski definition) is 1. The highest BCUT2D eigenvalue weighted by Crippen LogP contribution is 2.17. The van der Waals surface area contributed by atoms with E-state index in [1.54, 1.807) is 14.0 Å². The van der Waals surface area contributed by atoms with E-state index in [-0.39, 0.29) is 11.8 Å². The molecular weight excluding hydrogens is 362 g/mol. The van der Waals surface area contributed by atoms with Crippen LogP contribution < -0.4 is 5.32 Å².